The SMILES string of the molecule is CCCCCOCC1CCCCO1. The maximum absolute atomic E-state index is 5.56. The lowest BCUT2D eigenvalue weighted by Gasteiger charge is -2.22. The van der Waals surface area contributed by atoms with E-state index in [1.807, 2.05) is 0 Å². The van der Waals surface area contributed by atoms with Crippen molar-refractivity contribution in [3.05, 3.63) is 0 Å². The van der Waals surface area contributed by atoms with E-state index in [0.29, 0.717) is 6.10 Å². The van der Waals surface area contributed by atoms with E-state index >= 15 is 0 Å². The van der Waals surface area contributed by atoms with Gasteiger partial charge in [-0.3, -0.25) is 0 Å². The molecule has 0 radical (unpaired) electrons. The van der Waals surface area contributed by atoms with Crippen molar-refractivity contribution in [2.45, 2.75) is 51.6 Å². The monoisotopic (exact) mass is 186 g/mol. The lowest BCUT2D eigenvalue weighted by molar-refractivity contribution is -0.0410. The molecule has 0 aromatic rings. The summed E-state index contributed by atoms with van der Waals surface area (Å²) in [6.07, 6.45) is 7.86. The molecule has 2 nitrogen and oxygen atoms in total. The summed E-state index contributed by atoms with van der Waals surface area (Å²) in [5, 5.41) is 0. The van der Waals surface area contributed by atoms with Gasteiger partial charge < -0.3 is 9.47 Å². The number of unbranched alkanes of at least 4 members (excludes halogenated alkanes) is 2. The zero-order valence-electron chi connectivity index (χ0n) is 8.76. The van der Waals surface area contributed by atoms with Crippen LogP contribution in [-0.2, 0) is 9.47 Å². The summed E-state index contributed by atoms with van der Waals surface area (Å²) in [4.78, 5) is 0. The molecular weight excluding hydrogens is 164 g/mol. The predicted molar refractivity (Wildman–Crippen MR) is 53.9 cm³/mol. The smallest absolute Gasteiger partial charge is 0.0808 e. The van der Waals surface area contributed by atoms with E-state index in [2.05, 4.69) is 6.92 Å². The molecular formula is C11H22O2. The first-order chi connectivity index (χ1) is 6.43. The molecule has 0 saturated carbocycles. The van der Waals surface area contributed by atoms with Crippen LogP contribution in [-0.4, -0.2) is 25.9 Å². The van der Waals surface area contributed by atoms with Gasteiger partial charge in [0.05, 0.1) is 12.7 Å². The van der Waals surface area contributed by atoms with Gasteiger partial charge >= 0.3 is 0 Å². The molecule has 0 amide bonds. The first kappa shape index (κ1) is 11.0. The van der Waals surface area contributed by atoms with E-state index in [1.165, 1.54) is 38.5 Å². The Bertz CT molecular complexity index is 109. The van der Waals surface area contributed by atoms with Crippen LogP contribution in [0.5, 0.6) is 0 Å². The third kappa shape index (κ3) is 5.27. The maximum atomic E-state index is 5.56. The lowest BCUT2D eigenvalue weighted by atomic mass is 10.1. The summed E-state index contributed by atoms with van der Waals surface area (Å²) < 4.78 is 11.1. The minimum atomic E-state index is 0.385. The van der Waals surface area contributed by atoms with Crippen molar-refractivity contribution in [2.24, 2.45) is 0 Å². The van der Waals surface area contributed by atoms with Crippen molar-refractivity contribution < 1.29 is 9.47 Å². The van der Waals surface area contributed by atoms with Gasteiger partial charge in [-0.05, 0) is 25.7 Å². The number of hydrogen-bond donors (Lipinski definition) is 0. The highest BCUT2D eigenvalue weighted by atomic mass is 16.5. The second-order valence-corrected chi connectivity index (χ2v) is 3.77. The van der Waals surface area contributed by atoms with Crippen LogP contribution in [0.4, 0.5) is 0 Å². The summed E-state index contributed by atoms with van der Waals surface area (Å²) >= 11 is 0. The van der Waals surface area contributed by atoms with Crippen LogP contribution in [0.1, 0.15) is 45.4 Å². The number of ether oxygens (including phenoxy) is 2. The summed E-state index contributed by atoms with van der Waals surface area (Å²) in [7, 11) is 0. The molecule has 1 aliphatic heterocycles. The number of rotatable bonds is 6. The summed E-state index contributed by atoms with van der Waals surface area (Å²) in [6, 6.07) is 0. The third-order valence-electron chi connectivity index (χ3n) is 2.47. The second-order valence-electron chi connectivity index (χ2n) is 3.77. The molecule has 0 spiro atoms. The molecule has 1 saturated heterocycles. The Kier molecular flexibility index (Phi) is 6.21. The number of hydrogen-bond acceptors (Lipinski definition) is 2. The van der Waals surface area contributed by atoms with Crippen molar-refractivity contribution in [3.8, 4) is 0 Å². The highest BCUT2D eigenvalue weighted by molar-refractivity contribution is 4.62. The van der Waals surface area contributed by atoms with Crippen molar-refractivity contribution in [1.82, 2.24) is 0 Å². The predicted octanol–water partition coefficient (Wildman–Crippen LogP) is 2.76. The van der Waals surface area contributed by atoms with Crippen LogP contribution < -0.4 is 0 Å². The first-order valence-electron chi connectivity index (χ1n) is 5.63. The molecule has 1 aliphatic rings. The molecule has 78 valence electrons. The van der Waals surface area contributed by atoms with Crippen molar-refractivity contribution in [3.63, 3.8) is 0 Å². The fourth-order valence-corrected chi connectivity index (χ4v) is 1.61. The Morgan fingerprint density at radius 2 is 2.23 bits per heavy atom. The lowest BCUT2D eigenvalue weighted by Crippen LogP contribution is -2.24. The molecule has 1 heterocycles. The second kappa shape index (κ2) is 7.34. The third-order valence-corrected chi connectivity index (χ3v) is 2.47. The van der Waals surface area contributed by atoms with E-state index in [-0.39, 0.29) is 0 Å². The van der Waals surface area contributed by atoms with Gasteiger partial charge in [-0.1, -0.05) is 19.8 Å². The summed E-state index contributed by atoms with van der Waals surface area (Å²) in [5.41, 5.74) is 0. The molecule has 1 atom stereocenters. The summed E-state index contributed by atoms with van der Waals surface area (Å²) in [5.74, 6) is 0. The standard InChI is InChI=1S/C11H22O2/c1-2-3-5-8-12-10-11-7-4-6-9-13-11/h11H,2-10H2,1H3. The molecule has 0 aliphatic carbocycles. The highest BCUT2D eigenvalue weighted by Gasteiger charge is 2.13. The van der Waals surface area contributed by atoms with Crippen LogP contribution in [0.25, 0.3) is 0 Å². The maximum Gasteiger partial charge on any atom is 0.0808 e. The molecule has 0 bridgehead atoms. The van der Waals surface area contributed by atoms with E-state index in [9.17, 15) is 0 Å². The molecule has 0 aromatic carbocycles. The van der Waals surface area contributed by atoms with E-state index in [1.54, 1.807) is 0 Å². The quantitative estimate of drug-likeness (QED) is 0.594. The minimum Gasteiger partial charge on any atom is -0.379 e. The largest absolute Gasteiger partial charge is 0.379 e. The van der Waals surface area contributed by atoms with Crippen LogP contribution in [0, 0.1) is 0 Å². The topological polar surface area (TPSA) is 18.5 Å². The average molecular weight is 186 g/mol. The molecule has 0 aromatic heterocycles. The average Bonchev–Trinajstić information content (AvgIpc) is 2.19. The molecule has 13 heavy (non-hydrogen) atoms. The molecule has 0 N–H and O–H groups in total. The van der Waals surface area contributed by atoms with Crippen LogP contribution in [0.15, 0.2) is 0 Å². The van der Waals surface area contributed by atoms with E-state index < -0.39 is 0 Å². The van der Waals surface area contributed by atoms with Gasteiger partial charge in [-0.15, -0.1) is 0 Å². The van der Waals surface area contributed by atoms with Crippen molar-refractivity contribution >= 4 is 0 Å². The fourth-order valence-electron chi connectivity index (χ4n) is 1.61. The van der Waals surface area contributed by atoms with Gasteiger partial charge in [0.2, 0.25) is 0 Å². The Hall–Kier alpha value is -0.0800. The van der Waals surface area contributed by atoms with E-state index in [4.69, 9.17) is 9.47 Å². The fraction of sp³-hybridized carbons (Fsp3) is 1.00. The van der Waals surface area contributed by atoms with Crippen LogP contribution in [0.2, 0.25) is 0 Å². The molecule has 2 heteroatoms. The molecule has 1 fully saturated rings. The first-order valence-corrected chi connectivity index (χ1v) is 5.63. The van der Waals surface area contributed by atoms with Crippen molar-refractivity contribution in [1.29, 1.82) is 0 Å². The Balaban J connectivity index is 1.86. The zero-order valence-corrected chi connectivity index (χ0v) is 8.76. The zero-order chi connectivity index (χ0) is 9.36. The minimum absolute atomic E-state index is 0.385. The van der Waals surface area contributed by atoms with Gasteiger partial charge in [0, 0.05) is 13.2 Å². The van der Waals surface area contributed by atoms with Crippen molar-refractivity contribution in [2.75, 3.05) is 19.8 Å². The van der Waals surface area contributed by atoms with Gasteiger partial charge in [-0.25, -0.2) is 0 Å². The Labute approximate surface area is 81.6 Å². The molecule has 1 rings (SSSR count). The van der Waals surface area contributed by atoms with Gasteiger partial charge in [0.25, 0.3) is 0 Å². The van der Waals surface area contributed by atoms with Gasteiger partial charge in [0.1, 0.15) is 0 Å². The van der Waals surface area contributed by atoms with Gasteiger partial charge in [-0.2, -0.15) is 0 Å². The molecule has 1 unspecified atom stereocenters. The Morgan fingerprint density at radius 1 is 1.31 bits per heavy atom. The van der Waals surface area contributed by atoms with Crippen LogP contribution >= 0.6 is 0 Å². The van der Waals surface area contributed by atoms with E-state index in [0.717, 1.165) is 19.8 Å². The normalized spacial score (nSPS) is 23.3. The Morgan fingerprint density at radius 3 is 2.92 bits per heavy atom. The summed E-state index contributed by atoms with van der Waals surface area (Å²) in [6.45, 7) is 4.87. The van der Waals surface area contributed by atoms with Crippen LogP contribution in [0.3, 0.4) is 0 Å². The van der Waals surface area contributed by atoms with Gasteiger partial charge in [0.15, 0.2) is 0 Å². The highest BCUT2D eigenvalue weighted by Crippen LogP contribution is 2.12.